The number of aryl methyl sites for hydroxylation is 1. The van der Waals surface area contributed by atoms with Crippen LogP contribution in [0.25, 0.3) is 0 Å². The first-order valence-electron chi connectivity index (χ1n) is 6.27. The van der Waals surface area contributed by atoms with E-state index in [2.05, 4.69) is 15.6 Å². The maximum Gasteiger partial charge on any atom is 0.202 e. The van der Waals surface area contributed by atoms with Crippen LogP contribution in [0.1, 0.15) is 50.0 Å². The summed E-state index contributed by atoms with van der Waals surface area (Å²) in [4.78, 5) is 4.64. The van der Waals surface area contributed by atoms with Gasteiger partial charge in [0.2, 0.25) is 5.76 Å². The largest absolute Gasteiger partial charge is 0.353 e. The molecule has 0 radical (unpaired) electrons. The van der Waals surface area contributed by atoms with E-state index in [9.17, 15) is 0 Å². The minimum absolute atomic E-state index is 0.356. The third-order valence-corrected chi connectivity index (χ3v) is 3.13. The number of hydrazine groups is 1. The first kappa shape index (κ1) is 12.1. The molecule has 94 valence electrons. The molecule has 0 aliphatic heterocycles. The second kappa shape index (κ2) is 5.82. The van der Waals surface area contributed by atoms with Crippen LogP contribution in [-0.4, -0.2) is 17.0 Å². The second-order valence-electron chi connectivity index (χ2n) is 4.60. The topological polar surface area (TPSA) is 76.4 Å². The third-order valence-electron chi connectivity index (χ3n) is 3.13. The molecule has 0 atom stereocenters. The van der Waals surface area contributed by atoms with Crippen LogP contribution in [0.3, 0.4) is 0 Å². The van der Waals surface area contributed by atoms with Gasteiger partial charge in [-0.15, -0.1) is 0 Å². The average Bonchev–Trinajstić information content (AvgIpc) is 2.62. The number of aromatic nitrogens is 1. The summed E-state index contributed by atoms with van der Waals surface area (Å²) in [5, 5.41) is 3.85. The molecule has 1 aromatic heterocycles. The monoisotopic (exact) mass is 236 g/mol. The summed E-state index contributed by atoms with van der Waals surface area (Å²) < 4.78 is 5.17. The van der Waals surface area contributed by atoms with Crippen LogP contribution in [-0.2, 0) is 0 Å². The summed E-state index contributed by atoms with van der Waals surface area (Å²) in [6.07, 6.45) is 7.41. The number of nitrogens with one attached hydrogen (secondary N) is 1. The Bertz CT molecular complexity index is 378. The summed E-state index contributed by atoms with van der Waals surface area (Å²) in [5.74, 6) is 6.73. The first-order chi connectivity index (χ1) is 8.29. The lowest BCUT2D eigenvalue weighted by molar-refractivity contribution is 0.406. The Kier molecular flexibility index (Phi) is 4.14. The van der Waals surface area contributed by atoms with E-state index in [1.54, 1.807) is 0 Å². The molecule has 0 spiro atoms. The van der Waals surface area contributed by atoms with Crippen LogP contribution in [0, 0.1) is 6.92 Å². The molecule has 1 fully saturated rings. The predicted octanol–water partition coefficient (Wildman–Crippen LogP) is 1.92. The van der Waals surface area contributed by atoms with Gasteiger partial charge in [-0.2, -0.15) is 0 Å². The molecule has 1 aliphatic carbocycles. The third kappa shape index (κ3) is 3.30. The lowest BCUT2D eigenvalue weighted by Gasteiger charge is -2.10. The standard InChI is InChI=1S/C12H20N4O/c1-9-8-11(17-16-9)12(15-13)14-10-6-4-2-3-5-7-10/h8,10H,2-7,13H2,1H3,(H,14,15). The number of hydrogen-bond acceptors (Lipinski definition) is 4. The number of nitrogens with zero attached hydrogens (tertiary/aromatic N) is 2. The molecular weight excluding hydrogens is 216 g/mol. The number of nitrogens with two attached hydrogens (primary N) is 1. The van der Waals surface area contributed by atoms with Crippen molar-refractivity contribution in [3.05, 3.63) is 17.5 Å². The number of rotatable bonds is 2. The molecular formula is C12H20N4O. The van der Waals surface area contributed by atoms with Gasteiger partial charge in [-0.3, -0.25) is 4.99 Å². The Labute approximate surface area is 101 Å². The smallest absolute Gasteiger partial charge is 0.202 e. The summed E-state index contributed by atoms with van der Waals surface area (Å²) in [5.41, 5.74) is 3.45. The van der Waals surface area contributed by atoms with Crippen molar-refractivity contribution in [2.45, 2.75) is 51.5 Å². The van der Waals surface area contributed by atoms with Gasteiger partial charge in [0.1, 0.15) is 0 Å². The van der Waals surface area contributed by atoms with Gasteiger partial charge >= 0.3 is 0 Å². The Morgan fingerprint density at radius 3 is 2.65 bits per heavy atom. The molecule has 1 aliphatic rings. The fourth-order valence-electron chi connectivity index (χ4n) is 2.22. The summed E-state index contributed by atoms with van der Waals surface area (Å²) in [7, 11) is 0. The van der Waals surface area contributed by atoms with Gasteiger partial charge in [0.05, 0.1) is 11.7 Å². The van der Waals surface area contributed by atoms with Crippen LogP contribution in [0.5, 0.6) is 0 Å². The van der Waals surface area contributed by atoms with E-state index in [1.807, 2.05) is 13.0 Å². The molecule has 3 N–H and O–H groups in total. The van der Waals surface area contributed by atoms with Crippen molar-refractivity contribution in [2.75, 3.05) is 0 Å². The van der Waals surface area contributed by atoms with E-state index in [4.69, 9.17) is 10.4 Å². The molecule has 17 heavy (non-hydrogen) atoms. The Morgan fingerprint density at radius 1 is 1.41 bits per heavy atom. The first-order valence-corrected chi connectivity index (χ1v) is 6.27. The van der Waals surface area contributed by atoms with Gasteiger partial charge in [0.25, 0.3) is 0 Å². The van der Waals surface area contributed by atoms with Gasteiger partial charge in [-0.05, 0) is 19.8 Å². The summed E-state index contributed by atoms with van der Waals surface area (Å²) in [6, 6.07) is 2.20. The van der Waals surface area contributed by atoms with Crippen molar-refractivity contribution in [1.29, 1.82) is 0 Å². The lowest BCUT2D eigenvalue weighted by Crippen LogP contribution is -2.32. The van der Waals surface area contributed by atoms with Gasteiger partial charge in [-0.25, -0.2) is 5.84 Å². The van der Waals surface area contributed by atoms with Gasteiger partial charge in [0.15, 0.2) is 5.84 Å². The average molecular weight is 236 g/mol. The van der Waals surface area contributed by atoms with E-state index in [0.29, 0.717) is 17.6 Å². The van der Waals surface area contributed by atoms with Crippen molar-refractivity contribution in [3.8, 4) is 0 Å². The van der Waals surface area contributed by atoms with Crippen molar-refractivity contribution < 1.29 is 4.52 Å². The number of hydrogen-bond donors (Lipinski definition) is 2. The Morgan fingerprint density at radius 2 is 2.12 bits per heavy atom. The van der Waals surface area contributed by atoms with E-state index in [0.717, 1.165) is 18.5 Å². The van der Waals surface area contributed by atoms with Crippen molar-refractivity contribution in [2.24, 2.45) is 10.8 Å². The van der Waals surface area contributed by atoms with Crippen LogP contribution >= 0.6 is 0 Å². The van der Waals surface area contributed by atoms with E-state index in [-0.39, 0.29) is 0 Å². The van der Waals surface area contributed by atoms with Crippen molar-refractivity contribution in [3.63, 3.8) is 0 Å². The highest BCUT2D eigenvalue weighted by Crippen LogP contribution is 2.20. The quantitative estimate of drug-likeness (QED) is 0.270. The zero-order chi connectivity index (χ0) is 12.1. The highest BCUT2D eigenvalue weighted by Gasteiger charge is 2.14. The minimum atomic E-state index is 0.356. The summed E-state index contributed by atoms with van der Waals surface area (Å²) >= 11 is 0. The molecule has 2 rings (SSSR count). The van der Waals surface area contributed by atoms with Gasteiger partial charge < -0.3 is 9.95 Å². The van der Waals surface area contributed by atoms with Gasteiger partial charge in [-0.1, -0.05) is 30.8 Å². The molecule has 0 unspecified atom stereocenters. The number of amidine groups is 1. The molecule has 1 aromatic rings. The van der Waals surface area contributed by atoms with E-state index < -0.39 is 0 Å². The zero-order valence-corrected chi connectivity index (χ0v) is 10.3. The van der Waals surface area contributed by atoms with Crippen LogP contribution in [0.4, 0.5) is 0 Å². The fraction of sp³-hybridized carbons (Fsp3) is 0.667. The SMILES string of the molecule is Cc1cc(C(=NC2CCCCCC2)NN)on1. The number of aliphatic imine (C=N–C) groups is 1. The molecule has 0 amide bonds. The molecule has 5 heteroatoms. The second-order valence-corrected chi connectivity index (χ2v) is 4.60. The minimum Gasteiger partial charge on any atom is -0.353 e. The van der Waals surface area contributed by atoms with Crippen LogP contribution in [0.2, 0.25) is 0 Å². The highest BCUT2D eigenvalue weighted by atomic mass is 16.5. The van der Waals surface area contributed by atoms with Crippen LogP contribution in [0.15, 0.2) is 15.6 Å². The normalized spacial score (nSPS) is 19.1. The molecule has 1 heterocycles. The molecule has 0 aromatic carbocycles. The fourth-order valence-corrected chi connectivity index (χ4v) is 2.22. The molecule has 0 bridgehead atoms. The summed E-state index contributed by atoms with van der Waals surface area (Å²) in [6.45, 7) is 1.88. The Hall–Kier alpha value is -1.36. The van der Waals surface area contributed by atoms with E-state index in [1.165, 1.54) is 25.7 Å². The highest BCUT2D eigenvalue weighted by molar-refractivity contribution is 5.95. The molecule has 0 saturated heterocycles. The maximum atomic E-state index is 5.50. The predicted molar refractivity (Wildman–Crippen MR) is 66.6 cm³/mol. The zero-order valence-electron chi connectivity index (χ0n) is 10.3. The van der Waals surface area contributed by atoms with E-state index >= 15 is 0 Å². The van der Waals surface area contributed by atoms with Crippen LogP contribution < -0.4 is 11.3 Å². The maximum absolute atomic E-state index is 5.50. The van der Waals surface area contributed by atoms with Gasteiger partial charge in [0, 0.05) is 6.07 Å². The molecule has 1 saturated carbocycles. The van der Waals surface area contributed by atoms with Crippen molar-refractivity contribution in [1.82, 2.24) is 10.6 Å². The Balaban J connectivity index is 2.10. The lowest BCUT2D eigenvalue weighted by atomic mass is 10.1. The van der Waals surface area contributed by atoms with Crippen molar-refractivity contribution >= 4 is 5.84 Å². The molecule has 5 nitrogen and oxygen atoms in total.